The fraction of sp³-hybridized carbons (Fsp3) is 0.545. The van der Waals surface area contributed by atoms with Gasteiger partial charge in [0.05, 0.1) is 12.1 Å². The number of hydrogen-bond acceptors (Lipinski definition) is 6. The van der Waals surface area contributed by atoms with Gasteiger partial charge in [0.15, 0.2) is 0 Å². The van der Waals surface area contributed by atoms with Gasteiger partial charge < -0.3 is 25.6 Å². The van der Waals surface area contributed by atoms with Crippen LogP contribution in [0.5, 0.6) is 0 Å². The molecular weight excluding hydrogens is 400 g/mol. The molecule has 1 saturated carbocycles. The minimum atomic E-state index is -0.956. The van der Waals surface area contributed by atoms with Crippen molar-refractivity contribution in [2.45, 2.75) is 57.2 Å². The Bertz CT molecular complexity index is 865. The lowest BCUT2D eigenvalue weighted by atomic mass is 9.96. The molecule has 2 fully saturated rings. The highest BCUT2D eigenvalue weighted by molar-refractivity contribution is 5.99. The first-order valence-corrected chi connectivity index (χ1v) is 10.5. The number of likely N-dealkylation sites (N-methyl/N-ethyl adjacent to an activating group) is 1. The number of esters is 1. The summed E-state index contributed by atoms with van der Waals surface area (Å²) in [6.07, 6.45) is 2.87. The summed E-state index contributed by atoms with van der Waals surface area (Å²) in [5, 5.41) is 8.49. The Hall–Kier alpha value is -2.94. The number of carbonyl (C=O) groups excluding carboxylic acids is 4. The largest absolute Gasteiger partial charge is 0.461 e. The molecular formula is C22H30N4O5. The fourth-order valence-electron chi connectivity index (χ4n) is 3.90. The predicted octanol–water partition coefficient (Wildman–Crippen LogP) is 0.938. The van der Waals surface area contributed by atoms with Gasteiger partial charge in [-0.25, -0.2) is 0 Å². The van der Waals surface area contributed by atoms with Crippen LogP contribution in [-0.2, 0) is 30.5 Å². The van der Waals surface area contributed by atoms with Gasteiger partial charge in [0.2, 0.25) is 17.7 Å². The molecule has 0 radical (unpaired) electrons. The van der Waals surface area contributed by atoms with Gasteiger partial charge in [-0.15, -0.1) is 0 Å². The minimum Gasteiger partial charge on any atom is -0.461 e. The highest BCUT2D eigenvalue weighted by Gasteiger charge is 2.56. The van der Waals surface area contributed by atoms with Crippen LogP contribution in [0.2, 0.25) is 0 Å². The Morgan fingerprint density at radius 3 is 2.35 bits per heavy atom. The highest BCUT2D eigenvalue weighted by atomic mass is 16.5. The molecule has 3 amide bonds. The minimum absolute atomic E-state index is 0.0385. The van der Waals surface area contributed by atoms with Gasteiger partial charge in [0.25, 0.3) is 0 Å². The molecule has 1 aromatic rings. The van der Waals surface area contributed by atoms with Crippen LogP contribution in [0, 0.1) is 0 Å². The Balaban J connectivity index is 1.52. The summed E-state index contributed by atoms with van der Waals surface area (Å²) in [6.45, 7) is 3.62. The summed E-state index contributed by atoms with van der Waals surface area (Å²) < 4.78 is 4.92. The van der Waals surface area contributed by atoms with Crippen molar-refractivity contribution in [3.63, 3.8) is 0 Å². The summed E-state index contributed by atoms with van der Waals surface area (Å²) in [7, 11) is 1.77. The van der Waals surface area contributed by atoms with E-state index < -0.39 is 11.1 Å². The standard InChI is InChI=1S/C22H30N4O5/c1-15(27)31-14-16-5-7-17(8-6-16)25-18(28)13-24-19(29)21(2)9-4-12-26(21)20(30)22(23-3)10-11-22/h5-8,23H,4,9-14H2,1-3H3,(H,24,29)(H,25,28). The van der Waals surface area contributed by atoms with E-state index in [9.17, 15) is 19.2 Å². The summed E-state index contributed by atoms with van der Waals surface area (Å²) in [4.78, 5) is 50.6. The van der Waals surface area contributed by atoms with Gasteiger partial charge >= 0.3 is 5.97 Å². The van der Waals surface area contributed by atoms with E-state index in [0.29, 0.717) is 18.7 Å². The van der Waals surface area contributed by atoms with Crippen molar-refractivity contribution in [3.05, 3.63) is 29.8 Å². The van der Waals surface area contributed by atoms with E-state index in [1.807, 2.05) is 0 Å². The Kier molecular flexibility index (Phi) is 6.64. The van der Waals surface area contributed by atoms with Crippen LogP contribution in [0.1, 0.15) is 45.1 Å². The van der Waals surface area contributed by atoms with E-state index in [2.05, 4.69) is 16.0 Å². The number of benzene rings is 1. The number of carbonyl (C=O) groups is 4. The maximum Gasteiger partial charge on any atom is 0.302 e. The molecule has 0 spiro atoms. The second-order valence-corrected chi connectivity index (χ2v) is 8.37. The predicted molar refractivity (Wildman–Crippen MR) is 114 cm³/mol. The van der Waals surface area contributed by atoms with Crippen molar-refractivity contribution < 1.29 is 23.9 Å². The smallest absolute Gasteiger partial charge is 0.302 e. The van der Waals surface area contributed by atoms with Gasteiger partial charge in [-0.1, -0.05) is 12.1 Å². The number of amides is 3. The number of anilines is 1. The third-order valence-electron chi connectivity index (χ3n) is 6.10. The maximum absolute atomic E-state index is 12.9. The number of nitrogens with zero attached hydrogens (tertiary/aromatic N) is 1. The highest BCUT2D eigenvalue weighted by Crippen LogP contribution is 2.41. The van der Waals surface area contributed by atoms with Crippen LogP contribution in [-0.4, -0.2) is 59.8 Å². The van der Waals surface area contributed by atoms with E-state index in [4.69, 9.17) is 4.74 Å². The van der Waals surface area contributed by atoms with Crippen LogP contribution >= 0.6 is 0 Å². The van der Waals surface area contributed by atoms with Crippen molar-refractivity contribution in [2.24, 2.45) is 0 Å². The van der Waals surface area contributed by atoms with Crippen LogP contribution in [0.25, 0.3) is 0 Å². The topological polar surface area (TPSA) is 117 Å². The molecule has 0 bridgehead atoms. The zero-order valence-electron chi connectivity index (χ0n) is 18.2. The third kappa shape index (κ3) is 5.04. The molecule has 3 rings (SSSR count). The summed E-state index contributed by atoms with van der Waals surface area (Å²) in [5.41, 5.74) is -0.123. The number of ether oxygens (including phenoxy) is 1. The van der Waals surface area contributed by atoms with Gasteiger partial charge in [-0.3, -0.25) is 19.2 Å². The molecule has 1 heterocycles. The average Bonchev–Trinajstić information content (AvgIpc) is 3.46. The maximum atomic E-state index is 12.9. The Labute approximate surface area is 181 Å². The Morgan fingerprint density at radius 2 is 1.77 bits per heavy atom. The van der Waals surface area contributed by atoms with Gasteiger partial charge in [0, 0.05) is 19.2 Å². The van der Waals surface area contributed by atoms with Crippen LogP contribution in [0.15, 0.2) is 24.3 Å². The van der Waals surface area contributed by atoms with Crippen molar-refractivity contribution in [2.75, 3.05) is 25.5 Å². The monoisotopic (exact) mass is 430 g/mol. The lowest BCUT2D eigenvalue weighted by molar-refractivity contribution is -0.146. The van der Waals surface area contributed by atoms with Crippen molar-refractivity contribution >= 4 is 29.4 Å². The molecule has 0 aromatic heterocycles. The molecule has 1 aliphatic carbocycles. The molecule has 168 valence electrons. The van der Waals surface area contributed by atoms with Crippen molar-refractivity contribution in [1.29, 1.82) is 0 Å². The quantitative estimate of drug-likeness (QED) is 0.529. The molecule has 1 saturated heterocycles. The second kappa shape index (κ2) is 9.05. The number of nitrogens with one attached hydrogen (secondary N) is 3. The van der Waals surface area contributed by atoms with Gasteiger partial charge in [0.1, 0.15) is 12.1 Å². The van der Waals surface area contributed by atoms with Crippen molar-refractivity contribution in [1.82, 2.24) is 15.5 Å². The van der Waals surface area contributed by atoms with Crippen LogP contribution in [0.3, 0.4) is 0 Å². The zero-order valence-corrected chi connectivity index (χ0v) is 18.2. The van der Waals surface area contributed by atoms with E-state index >= 15 is 0 Å². The lowest BCUT2D eigenvalue weighted by Crippen LogP contribution is -2.60. The van der Waals surface area contributed by atoms with E-state index in [1.165, 1.54) is 6.92 Å². The number of likely N-dealkylation sites (tertiary alicyclic amines) is 1. The molecule has 1 atom stereocenters. The first kappa shape index (κ1) is 22.7. The van der Waals surface area contributed by atoms with Crippen molar-refractivity contribution in [3.8, 4) is 0 Å². The van der Waals surface area contributed by atoms with E-state index in [0.717, 1.165) is 24.8 Å². The van der Waals surface area contributed by atoms with Crippen LogP contribution < -0.4 is 16.0 Å². The molecule has 1 aromatic carbocycles. The number of hydrogen-bond donors (Lipinski definition) is 3. The average molecular weight is 431 g/mol. The normalized spacial score (nSPS) is 21.3. The van der Waals surface area contributed by atoms with Gasteiger partial charge in [-0.2, -0.15) is 0 Å². The molecule has 1 unspecified atom stereocenters. The second-order valence-electron chi connectivity index (χ2n) is 8.37. The fourth-order valence-corrected chi connectivity index (χ4v) is 3.90. The molecule has 9 heteroatoms. The lowest BCUT2D eigenvalue weighted by Gasteiger charge is -2.36. The van der Waals surface area contributed by atoms with E-state index in [-0.39, 0.29) is 36.8 Å². The van der Waals surface area contributed by atoms with Crippen LogP contribution in [0.4, 0.5) is 5.69 Å². The number of rotatable bonds is 8. The first-order valence-electron chi connectivity index (χ1n) is 10.5. The van der Waals surface area contributed by atoms with Gasteiger partial charge in [-0.05, 0) is 57.4 Å². The Morgan fingerprint density at radius 1 is 1.10 bits per heavy atom. The summed E-state index contributed by atoms with van der Waals surface area (Å²) in [5.74, 6) is -1.09. The first-order chi connectivity index (χ1) is 14.7. The zero-order chi connectivity index (χ0) is 22.6. The molecule has 3 N–H and O–H groups in total. The van der Waals surface area contributed by atoms with E-state index in [1.54, 1.807) is 43.1 Å². The summed E-state index contributed by atoms with van der Waals surface area (Å²) >= 11 is 0. The molecule has 31 heavy (non-hydrogen) atoms. The molecule has 9 nitrogen and oxygen atoms in total. The summed E-state index contributed by atoms with van der Waals surface area (Å²) in [6, 6.07) is 6.89. The third-order valence-corrected chi connectivity index (χ3v) is 6.10. The molecule has 1 aliphatic heterocycles. The SMILES string of the molecule is CNC1(C(=O)N2CCCC2(C)C(=O)NCC(=O)Nc2ccc(COC(C)=O)cc2)CC1. The molecule has 2 aliphatic rings.